The fraction of sp³-hybridized carbons (Fsp3) is 0.235. The van der Waals surface area contributed by atoms with Crippen LogP contribution in [0.3, 0.4) is 0 Å². The average Bonchev–Trinajstić information content (AvgIpc) is 2.99. The first-order valence-corrected chi connectivity index (χ1v) is 13.2. The Morgan fingerprint density at radius 3 is 1.52 bits per heavy atom. The van der Waals surface area contributed by atoms with E-state index in [2.05, 4.69) is 12.1 Å². The van der Waals surface area contributed by atoms with E-state index < -0.39 is 17.4 Å². The zero-order valence-corrected chi connectivity index (χ0v) is 22.7. The Labute approximate surface area is 234 Å². The number of carbonyl (C=O) groups is 2. The average molecular weight is 537 g/mol. The van der Waals surface area contributed by atoms with Gasteiger partial charge in [-0.1, -0.05) is 72.8 Å². The smallest absolute Gasteiger partial charge is 0.307 e. The molecule has 0 amide bonds. The number of carbonyl (C=O) groups excluding carboxylic acids is 2. The van der Waals surface area contributed by atoms with Gasteiger partial charge in [0.15, 0.2) is 0 Å². The molecule has 0 radical (unpaired) electrons. The lowest BCUT2D eigenvalue weighted by Crippen LogP contribution is -2.38. The molecule has 6 nitrogen and oxygen atoms in total. The van der Waals surface area contributed by atoms with Crippen LogP contribution in [-0.4, -0.2) is 26.2 Å². The van der Waals surface area contributed by atoms with Crippen LogP contribution in [0.4, 0.5) is 0 Å². The molecule has 6 heteroatoms. The van der Waals surface area contributed by atoms with Gasteiger partial charge in [-0.2, -0.15) is 0 Å². The Morgan fingerprint density at radius 1 is 0.625 bits per heavy atom. The van der Waals surface area contributed by atoms with Crippen molar-refractivity contribution in [1.29, 1.82) is 0 Å². The normalized spacial score (nSPS) is 12.9. The van der Waals surface area contributed by atoms with Gasteiger partial charge in [-0.25, -0.2) is 0 Å². The van der Waals surface area contributed by atoms with Crippen LogP contribution in [-0.2, 0) is 44.1 Å². The minimum absolute atomic E-state index is 0.000739. The van der Waals surface area contributed by atoms with Crippen molar-refractivity contribution < 1.29 is 28.5 Å². The van der Waals surface area contributed by atoms with Crippen molar-refractivity contribution in [2.45, 2.75) is 37.9 Å². The fourth-order valence-corrected chi connectivity index (χ4v) is 5.52. The lowest BCUT2D eigenvalue weighted by molar-refractivity contribution is -0.149. The van der Waals surface area contributed by atoms with E-state index in [-0.39, 0.29) is 26.1 Å². The molecule has 5 rings (SSSR count). The Hall–Kier alpha value is -4.58. The second-order valence-corrected chi connectivity index (χ2v) is 9.95. The fourth-order valence-electron chi connectivity index (χ4n) is 5.52. The zero-order chi connectivity index (χ0) is 28.0. The van der Waals surface area contributed by atoms with Crippen molar-refractivity contribution in [3.63, 3.8) is 0 Å². The van der Waals surface area contributed by atoms with Crippen molar-refractivity contribution >= 4 is 11.9 Å². The predicted molar refractivity (Wildman–Crippen MR) is 151 cm³/mol. The highest BCUT2D eigenvalue weighted by Gasteiger charge is 2.44. The van der Waals surface area contributed by atoms with Gasteiger partial charge in [0.25, 0.3) is 0 Å². The van der Waals surface area contributed by atoms with E-state index >= 15 is 0 Å². The summed E-state index contributed by atoms with van der Waals surface area (Å²) in [5.74, 6) is 0.600. The number of methoxy groups -OCH3 is 2. The Morgan fingerprint density at radius 2 is 1.07 bits per heavy atom. The van der Waals surface area contributed by atoms with Crippen molar-refractivity contribution in [3.05, 3.63) is 130 Å². The molecule has 0 saturated heterocycles. The van der Waals surface area contributed by atoms with Crippen LogP contribution in [0.5, 0.6) is 11.5 Å². The zero-order valence-electron chi connectivity index (χ0n) is 22.7. The van der Waals surface area contributed by atoms with Crippen LogP contribution in [0.2, 0.25) is 0 Å². The molecule has 204 valence electrons. The Bertz CT molecular complexity index is 1390. The van der Waals surface area contributed by atoms with E-state index in [1.54, 1.807) is 14.2 Å². The standard InChI is InChI=1S/C34H32O6/c1-37-28-13-7-9-24(17-28)22-39-32(35)20-34(21-33(36)40-23-25-10-8-14-29(18-25)38-2)30-15-5-3-11-26(30)19-27-12-4-6-16-31(27)34/h3-18H,19-23H2,1-2H3. The van der Waals surface area contributed by atoms with Gasteiger partial charge in [0.05, 0.1) is 27.1 Å². The van der Waals surface area contributed by atoms with Gasteiger partial charge in [-0.15, -0.1) is 0 Å². The monoisotopic (exact) mass is 536 g/mol. The SMILES string of the molecule is COc1cccc(COC(=O)CC2(CC(=O)OCc3cccc(OC)c3)c3ccccc3Cc3ccccc32)c1. The maximum atomic E-state index is 13.5. The topological polar surface area (TPSA) is 71.1 Å². The molecule has 0 N–H and O–H groups in total. The molecule has 0 saturated carbocycles. The highest BCUT2D eigenvalue weighted by atomic mass is 16.5. The molecule has 0 fully saturated rings. The molecule has 0 bridgehead atoms. The summed E-state index contributed by atoms with van der Waals surface area (Å²) in [4.78, 5) is 27.0. The molecular weight excluding hydrogens is 504 g/mol. The van der Waals surface area contributed by atoms with E-state index in [4.69, 9.17) is 18.9 Å². The minimum Gasteiger partial charge on any atom is -0.497 e. The lowest BCUT2D eigenvalue weighted by Gasteiger charge is -2.40. The maximum Gasteiger partial charge on any atom is 0.307 e. The molecule has 1 aliphatic carbocycles. The van der Waals surface area contributed by atoms with Gasteiger partial charge in [0.2, 0.25) is 0 Å². The molecule has 1 aliphatic rings. The van der Waals surface area contributed by atoms with Gasteiger partial charge in [-0.05, 0) is 64.1 Å². The van der Waals surface area contributed by atoms with Crippen LogP contribution in [0.25, 0.3) is 0 Å². The number of ether oxygens (including phenoxy) is 4. The molecular formula is C34H32O6. The molecule has 0 heterocycles. The van der Waals surface area contributed by atoms with Crippen LogP contribution in [0, 0.1) is 0 Å². The van der Waals surface area contributed by atoms with Gasteiger partial charge >= 0.3 is 11.9 Å². The molecule has 0 aromatic heterocycles. The number of esters is 2. The van der Waals surface area contributed by atoms with Crippen molar-refractivity contribution in [2.75, 3.05) is 14.2 Å². The van der Waals surface area contributed by atoms with E-state index in [0.29, 0.717) is 11.5 Å². The summed E-state index contributed by atoms with van der Waals surface area (Å²) in [6.45, 7) is 0.214. The Kier molecular flexibility index (Phi) is 8.15. The number of hydrogen-bond acceptors (Lipinski definition) is 6. The highest BCUT2D eigenvalue weighted by molar-refractivity contribution is 5.79. The van der Waals surface area contributed by atoms with E-state index in [1.165, 1.54) is 0 Å². The van der Waals surface area contributed by atoms with Crippen LogP contribution in [0.1, 0.15) is 46.2 Å². The van der Waals surface area contributed by atoms with Crippen LogP contribution in [0.15, 0.2) is 97.1 Å². The third-order valence-corrected chi connectivity index (χ3v) is 7.41. The van der Waals surface area contributed by atoms with Gasteiger partial charge < -0.3 is 18.9 Å². The first kappa shape index (κ1) is 27.0. The number of fused-ring (bicyclic) bond motifs is 2. The number of hydrogen-bond donors (Lipinski definition) is 0. The second kappa shape index (κ2) is 12.1. The van der Waals surface area contributed by atoms with E-state index in [0.717, 1.165) is 39.8 Å². The van der Waals surface area contributed by atoms with E-state index in [1.807, 2.05) is 84.9 Å². The summed E-state index contributed by atoms with van der Waals surface area (Å²) in [5.41, 5.74) is 4.79. The quantitative estimate of drug-likeness (QED) is 0.226. The van der Waals surface area contributed by atoms with Gasteiger partial charge in [-0.3, -0.25) is 9.59 Å². The second-order valence-electron chi connectivity index (χ2n) is 9.95. The number of rotatable bonds is 10. The van der Waals surface area contributed by atoms with Crippen molar-refractivity contribution in [1.82, 2.24) is 0 Å². The predicted octanol–water partition coefficient (Wildman–Crippen LogP) is 6.16. The Balaban J connectivity index is 1.43. The summed E-state index contributed by atoms with van der Waals surface area (Å²) < 4.78 is 22.1. The molecule has 40 heavy (non-hydrogen) atoms. The lowest BCUT2D eigenvalue weighted by atomic mass is 9.63. The third kappa shape index (κ3) is 5.86. The highest BCUT2D eigenvalue weighted by Crippen LogP contribution is 2.47. The minimum atomic E-state index is -0.928. The van der Waals surface area contributed by atoms with Crippen LogP contribution >= 0.6 is 0 Å². The molecule has 0 atom stereocenters. The van der Waals surface area contributed by atoms with E-state index in [9.17, 15) is 9.59 Å². The first-order valence-electron chi connectivity index (χ1n) is 13.2. The molecule has 0 aliphatic heterocycles. The first-order chi connectivity index (χ1) is 19.5. The third-order valence-electron chi connectivity index (χ3n) is 7.41. The molecule has 4 aromatic rings. The largest absolute Gasteiger partial charge is 0.497 e. The van der Waals surface area contributed by atoms with Crippen molar-refractivity contribution in [3.8, 4) is 11.5 Å². The van der Waals surface area contributed by atoms with Crippen LogP contribution < -0.4 is 9.47 Å². The summed E-state index contributed by atoms with van der Waals surface area (Å²) in [5, 5.41) is 0. The van der Waals surface area contributed by atoms with Gasteiger partial charge in [0, 0.05) is 5.41 Å². The summed E-state index contributed by atoms with van der Waals surface area (Å²) in [6, 6.07) is 30.8. The summed E-state index contributed by atoms with van der Waals surface area (Å²) in [6.07, 6.45) is 0.727. The summed E-state index contributed by atoms with van der Waals surface area (Å²) >= 11 is 0. The molecule has 0 unspecified atom stereocenters. The molecule has 4 aromatic carbocycles. The summed E-state index contributed by atoms with van der Waals surface area (Å²) in [7, 11) is 3.19. The number of benzene rings is 4. The van der Waals surface area contributed by atoms with Crippen molar-refractivity contribution in [2.24, 2.45) is 0 Å². The molecule has 0 spiro atoms. The van der Waals surface area contributed by atoms with Gasteiger partial charge in [0.1, 0.15) is 24.7 Å². The maximum absolute atomic E-state index is 13.5.